The number of rotatable bonds is 6. The minimum absolute atomic E-state index is 0.226. The summed E-state index contributed by atoms with van der Waals surface area (Å²) in [5.74, 6) is 1.35. The molecule has 2 aromatic carbocycles. The van der Waals surface area contributed by atoms with Crippen molar-refractivity contribution in [2.24, 2.45) is 5.41 Å². The summed E-state index contributed by atoms with van der Waals surface area (Å²) >= 11 is 0. The number of carbonyl (C=O) groups excluding carboxylic acids is 1. The summed E-state index contributed by atoms with van der Waals surface area (Å²) in [7, 11) is 0. The number of nitrogens with zero attached hydrogens (tertiary/aromatic N) is 3. The number of alkyl carbamates (subject to hydrolysis) is 1. The summed E-state index contributed by atoms with van der Waals surface area (Å²) in [5, 5.41) is 12.4. The van der Waals surface area contributed by atoms with E-state index in [1.807, 2.05) is 65.8 Å². The van der Waals surface area contributed by atoms with Gasteiger partial charge in [0, 0.05) is 6.54 Å². The predicted octanol–water partition coefficient (Wildman–Crippen LogP) is 7.56. The number of H-pyrrole nitrogens is 2. The molecular formula is C33H40N6O4. The molecule has 0 spiro atoms. The summed E-state index contributed by atoms with van der Waals surface area (Å²) in [6.45, 7) is 12.2. The van der Waals surface area contributed by atoms with Crippen LogP contribution in [-0.2, 0) is 4.74 Å². The summed E-state index contributed by atoms with van der Waals surface area (Å²) < 4.78 is 5.48. The van der Waals surface area contributed by atoms with Crippen molar-refractivity contribution >= 4 is 12.2 Å². The van der Waals surface area contributed by atoms with Gasteiger partial charge in [-0.25, -0.2) is 19.6 Å². The van der Waals surface area contributed by atoms with E-state index in [1.165, 1.54) is 4.90 Å². The first-order chi connectivity index (χ1) is 20.3. The third-order valence-electron chi connectivity index (χ3n) is 7.53. The summed E-state index contributed by atoms with van der Waals surface area (Å²) in [6, 6.07) is 15.8. The Balaban J connectivity index is 1.28. The molecule has 2 atom stereocenters. The SMILES string of the molecule is CC(C)(C)OC(=O)NC(c1ncc(-c2ccc(-c3ccc(-c4cnc(C5CCCN5C(=O)O)[nH]4)cc3)cc2)[nH]1)C(C)(C)C. The molecule has 10 nitrogen and oxygen atoms in total. The third kappa shape index (κ3) is 6.90. The molecule has 2 aromatic heterocycles. The number of benzene rings is 2. The number of ether oxygens (including phenoxy) is 1. The lowest BCUT2D eigenvalue weighted by molar-refractivity contribution is 0.0458. The molecule has 1 aliphatic rings. The highest BCUT2D eigenvalue weighted by molar-refractivity contribution is 5.72. The van der Waals surface area contributed by atoms with Crippen molar-refractivity contribution in [1.29, 1.82) is 0 Å². The van der Waals surface area contributed by atoms with Gasteiger partial charge in [-0.15, -0.1) is 0 Å². The maximum atomic E-state index is 12.5. The zero-order chi connectivity index (χ0) is 30.9. The lowest BCUT2D eigenvalue weighted by Gasteiger charge is -2.31. The standard InChI is InChI=1S/C33H40N6O4/c1-32(2,3)27(38-30(40)43-33(4,5)6)29-35-19-25(37-29)23-15-11-21(12-16-23)20-9-13-22(14-10-20)24-18-34-28(36-24)26-8-7-17-39(26)31(41)42/h9-16,18-19,26-27H,7-8,17H2,1-6H3,(H,34,36)(H,35,37)(H,38,40)(H,41,42). The van der Waals surface area contributed by atoms with Gasteiger partial charge in [-0.1, -0.05) is 69.3 Å². The minimum atomic E-state index is -0.909. The monoisotopic (exact) mass is 584 g/mol. The first-order valence-corrected chi connectivity index (χ1v) is 14.6. The van der Waals surface area contributed by atoms with Crippen molar-refractivity contribution in [1.82, 2.24) is 30.2 Å². The van der Waals surface area contributed by atoms with E-state index in [-0.39, 0.29) is 17.5 Å². The number of aromatic amines is 2. The van der Waals surface area contributed by atoms with Gasteiger partial charge in [-0.05, 0) is 61.3 Å². The molecule has 3 heterocycles. The van der Waals surface area contributed by atoms with Gasteiger partial charge in [-0.2, -0.15) is 0 Å². The molecule has 5 rings (SSSR count). The lowest BCUT2D eigenvalue weighted by atomic mass is 9.86. The third-order valence-corrected chi connectivity index (χ3v) is 7.53. The number of imidazole rings is 2. The fourth-order valence-electron chi connectivity index (χ4n) is 5.37. The van der Waals surface area contributed by atoms with Gasteiger partial charge < -0.3 is 25.1 Å². The van der Waals surface area contributed by atoms with Crippen LogP contribution in [0.3, 0.4) is 0 Å². The van der Waals surface area contributed by atoms with E-state index < -0.39 is 17.8 Å². The van der Waals surface area contributed by atoms with Crippen LogP contribution in [0.2, 0.25) is 0 Å². The van der Waals surface area contributed by atoms with Gasteiger partial charge >= 0.3 is 12.2 Å². The Labute approximate surface area is 251 Å². The zero-order valence-electron chi connectivity index (χ0n) is 25.6. The van der Waals surface area contributed by atoms with Gasteiger partial charge in [0.2, 0.25) is 0 Å². The molecule has 10 heteroatoms. The van der Waals surface area contributed by atoms with Crippen LogP contribution in [0.25, 0.3) is 33.6 Å². The molecule has 0 aliphatic carbocycles. The lowest BCUT2D eigenvalue weighted by Crippen LogP contribution is -2.40. The fraction of sp³-hybridized carbons (Fsp3) is 0.394. The van der Waals surface area contributed by atoms with Crippen LogP contribution in [0.1, 0.15) is 78.1 Å². The van der Waals surface area contributed by atoms with E-state index in [9.17, 15) is 14.7 Å². The highest BCUT2D eigenvalue weighted by Crippen LogP contribution is 2.34. The quantitative estimate of drug-likeness (QED) is 0.185. The Kier molecular flexibility index (Phi) is 8.05. The maximum Gasteiger partial charge on any atom is 0.408 e. The molecule has 226 valence electrons. The Hall–Kier alpha value is -4.60. The normalized spacial score (nSPS) is 16.2. The van der Waals surface area contributed by atoms with Crippen LogP contribution >= 0.6 is 0 Å². The topological polar surface area (TPSA) is 136 Å². The van der Waals surface area contributed by atoms with Crippen molar-refractivity contribution in [3.63, 3.8) is 0 Å². The molecule has 2 amide bonds. The molecular weight excluding hydrogens is 544 g/mol. The van der Waals surface area contributed by atoms with Crippen molar-refractivity contribution < 1.29 is 19.4 Å². The van der Waals surface area contributed by atoms with Gasteiger partial charge in [0.05, 0.1) is 35.9 Å². The van der Waals surface area contributed by atoms with Crippen LogP contribution in [0, 0.1) is 5.41 Å². The second-order valence-corrected chi connectivity index (χ2v) is 13.1. The summed E-state index contributed by atoms with van der Waals surface area (Å²) in [6.07, 6.45) is 3.78. The molecule has 0 saturated carbocycles. The molecule has 43 heavy (non-hydrogen) atoms. The average molecular weight is 585 g/mol. The van der Waals surface area contributed by atoms with E-state index in [0.29, 0.717) is 18.2 Å². The zero-order valence-corrected chi connectivity index (χ0v) is 25.6. The van der Waals surface area contributed by atoms with Crippen LogP contribution in [0.4, 0.5) is 9.59 Å². The van der Waals surface area contributed by atoms with Crippen LogP contribution in [0.15, 0.2) is 60.9 Å². The number of likely N-dealkylation sites (tertiary alicyclic amines) is 1. The fourth-order valence-corrected chi connectivity index (χ4v) is 5.37. The molecule has 4 aromatic rings. The van der Waals surface area contributed by atoms with E-state index in [1.54, 1.807) is 12.4 Å². The number of carbonyl (C=O) groups is 2. The highest BCUT2D eigenvalue weighted by Gasteiger charge is 2.33. The molecule has 1 saturated heterocycles. The Morgan fingerprint density at radius 3 is 1.95 bits per heavy atom. The average Bonchev–Trinajstić information content (AvgIpc) is 3.71. The van der Waals surface area contributed by atoms with Gasteiger partial charge in [-0.3, -0.25) is 4.90 Å². The molecule has 4 N–H and O–H groups in total. The van der Waals surface area contributed by atoms with Crippen molar-refractivity contribution in [2.45, 2.75) is 72.1 Å². The van der Waals surface area contributed by atoms with E-state index >= 15 is 0 Å². The van der Waals surface area contributed by atoms with Gasteiger partial charge in [0.1, 0.15) is 17.2 Å². The Bertz CT molecular complexity index is 1580. The number of carboxylic acid groups (broad SMARTS) is 1. The largest absolute Gasteiger partial charge is 0.465 e. The van der Waals surface area contributed by atoms with Crippen LogP contribution in [-0.4, -0.2) is 54.3 Å². The second kappa shape index (κ2) is 11.6. The van der Waals surface area contributed by atoms with Crippen molar-refractivity contribution in [3.8, 4) is 33.6 Å². The first kappa shape index (κ1) is 29.9. The smallest absolute Gasteiger partial charge is 0.408 e. The van der Waals surface area contributed by atoms with Gasteiger partial charge in [0.25, 0.3) is 0 Å². The predicted molar refractivity (Wildman–Crippen MR) is 165 cm³/mol. The second-order valence-electron chi connectivity index (χ2n) is 13.1. The van der Waals surface area contributed by atoms with E-state index in [0.717, 1.165) is 46.5 Å². The molecule has 1 fully saturated rings. The van der Waals surface area contributed by atoms with E-state index in [2.05, 4.69) is 49.5 Å². The number of nitrogens with one attached hydrogen (secondary N) is 3. The summed E-state index contributed by atoms with van der Waals surface area (Å²) in [4.78, 5) is 41.3. The summed E-state index contributed by atoms with van der Waals surface area (Å²) in [5.41, 5.74) is 4.94. The highest BCUT2D eigenvalue weighted by atomic mass is 16.6. The Morgan fingerprint density at radius 2 is 1.42 bits per heavy atom. The number of hydrogen-bond acceptors (Lipinski definition) is 5. The van der Waals surface area contributed by atoms with Crippen molar-refractivity contribution in [2.75, 3.05) is 6.54 Å². The maximum absolute atomic E-state index is 12.5. The Morgan fingerprint density at radius 1 is 0.884 bits per heavy atom. The van der Waals surface area contributed by atoms with Crippen LogP contribution < -0.4 is 5.32 Å². The number of aromatic nitrogens is 4. The number of hydrogen-bond donors (Lipinski definition) is 4. The molecule has 0 bridgehead atoms. The first-order valence-electron chi connectivity index (χ1n) is 14.6. The van der Waals surface area contributed by atoms with Crippen molar-refractivity contribution in [3.05, 3.63) is 72.6 Å². The van der Waals surface area contributed by atoms with E-state index in [4.69, 9.17) is 4.74 Å². The van der Waals surface area contributed by atoms with Gasteiger partial charge in [0.15, 0.2) is 0 Å². The molecule has 1 aliphatic heterocycles. The minimum Gasteiger partial charge on any atom is -0.465 e. The van der Waals surface area contributed by atoms with Crippen LogP contribution in [0.5, 0.6) is 0 Å². The molecule has 0 radical (unpaired) electrons. The number of amides is 2. The molecule has 2 unspecified atom stereocenters.